The summed E-state index contributed by atoms with van der Waals surface area (Å²) >= 11 is 1.45. The Hall–Kier alpha value is -2.14. The third-order valence-corrected chi connectivity index (χ3v) is 3.93. The number of halogens is 1. The van der Waals surface area contributed by atoms with Gasteiger partial charge in [-0.2, -0.15) is 0 Å². The number of methoxy groups -OCH3 is 1. The number of thiazole rings is 1. The average Bonchev–Trinajstić information content (AvgIpc) is 2.87. The minimum absolute atomic E-state index is 0.233. The summed E-state index contributed by atoms with van der Waals surface area (Å²) in [4.78, 5) is 4.42. The van der Waals surface area contributed by atoms with Crippen LogP contribution in [0.1, 0.15) is 5.56 Å². The third-order valence-electron chi connectivity index (χ3n) is 2.95. The molecule has 0 aliphatic heterocycles. The van der Waals surface area contributed by atoms with E-state index < -0.39 is 0 Å². The van der Waals surface area contributed by atoms with E-state index in [1.54, 1.807) is 13.2 Å². The number of aromatic nitrogens is 1. The molecule has 3 nitrogen and oxygen atoms in total. The number of benzene rings is 2. The Balaban J connectivity index is 1.72. The highest BCUT2D eigenvalue weighted by Crippen LogP contribution is 2.26. The molecule has 5 heteroatoms. The van der Waals surface area contributed by atoms with Gasteiger partial charge in [0.1, 0.15) is 11.6 Å². The smallest absolute Gasteiger partial charge is 0.184 e. The van der Waals surface area contributed by atoms with Crippen LogP contribution in [0.2, 0.25) is 0 Å². The van der Waals surface area contributed by atoms with E-state index in [4.69, 9.17) is 4.74 Å². The average molecular weight is 288 g/mol. The van der Waals surface area contributed by atoms with Gasteiger partial charge in [-0.25, -0.2) is 9.37 Å². The van der Waals surface area contributed by atoms with Gasteiger partial charge in [0.05, 0.1) is 17.3 Å². The van der Waals surface area contributed by atoms with Crippen LogP contribution in [0.4, 0.5) is 9.52 Å². The highest BCUT2D eigenvalue weighted by atomic mass is 32.1. The van der Waals surface area contributed by atoms with Crippen LogP contribution in [-0.2, 0) is 6.54 Å². The van der Waals surface area contributed by atoms with Gasteiger partial charge in [-0.3, -0.25) is 0 Å². The molecule has 0 bridgehead atoms. The molecule has 0 spiro atoms. The summed E-state index contributed by atoms with van der Waals surface area (Å²) < 4.78 is 19.1. The van der Waals surface area contributed by atoms with Crippen LogP contribution in [0.5, 0.6) is 5.75 Å². The Morgan fingerprint density at radius 2 is 2.00 bits per heavy atom. The van der Waals surface area contributed by atoms with Crippen molar-refractivity contribution in [1.29, 1.82) is 0 Å². The molecule has 2 aromatic carbocycles. The number of anilines is 1. The monoisotopic (exact) mass is 288 g/mol. The second-order valence-electron chi connectivity index (χ2n) is 4.33. The van der Waals surface area contributed by atoms with Gasteiger partial charge in [0.25, 0.3) is 0 Å². The fourth-order valence-electron chi connectivity index (χ4n) is 1.90. The first-order chi connectivity index (χ1) is 9.74. The first kappa shape index (κ1) is 12.9. The van der Waals surface area contributed by atoms with E-state index in [-0.39, 0.29) is 5.82 Å². The Morgan fingerprint density at radius 1 is 1.20 bits per heavy atom. The number of hydrogen-bond donors (Lipinski definition) is 1. The molecule has 0 aliphatic carbocycles. The van der Waals surface area contributed by atoms with E-state index in [9.17, 15) is 4.39 Å². The van der Waals surface area contributed by atoms with Crippen molar-refractivity contribution >= 4 is 26.7 Å². The number of nitrogens with one attached hydrogen (secondary N) is 1. The minimum atomic E-state index is -0.233. The molecular weight excluding hydrogens is 275 g/mol. The lowest BCUT2D eigenvalue weighted by atomic mass is 10.2. The first-order valence-electron chi connectivity index (χ1n) is 6.17. The van der Waals surface area contributed by atoms with E-state index in [1.807, 2.05) is 24.3 Å². The molecule has 0 radical (unpaired) electrons. The first-order valence-corrected chi connectivity index (χ1v) is 6.99. The highest BCUT2D eigenvalue weighted by Gasteiger charge is 2.04. The van der Waals surface area contributed by atoms with Crippen LogP contribution in [0.15, 0.2) is 42.5 Å². The van der Waals surface area contributed by atoms with Gasteiger partial charge >= 0.3 is 0 Å². The number of rotatable bonds is 4. The predicted molar refractivity (Wildman–Crippen MR) is 79.9 cm³/mol. The molecule has 3 rings (SSSR count). The lowest BCUT2D eigenvalue weighted by molar-refractivity contribution is 0.414. The second kappa shape index (κ2) is 5.46. The highest BCUT2D eigenvalue weighted by molar-refractivity contribution is 7.22. The summed E-state index contributed by atoms with van der Waals surface area (Å²) in [6, 6.07) is 12.5. The SMILES string of the molecule is COc1ccc(CNc2nc3ccc(F)cc3s2)cc1. The maximum atomic E-state index is 13.1. The maximum absolute atomic E-state index is 13.1. The van der Waals surface area contributed by atoms with Crippen molar-refractivity contribution in [3.05, 3.63) is 53.8 Å². The summed E-state index contributed by atoms with van der Waals surface area (Å²) in [6.45, 7) is 0.673. The lowest BCUT2D eigenvalue weighted by Gasteiger charge is -2.04. The zero-order chi connectivity index (χ0) is 13.9. The van der Waals surface area contributed by atoms with Crippen LogP contribution in [0.3, 0.4) is 0 Å². The van der Waals surface area contributed by atoms with Crippen molar-refractivity contribution in [3.63, 3.8) is 0 Å². The van der Waals surface area contributed by atoms with Gasteiger partial charge in [-0.1, -0.05) is 23.5 Å². The Bertz CT molecular complexity index is 724. The number of hydrogen-bond acceptors (Lipinski definition) is 4. The van der Waals surface area contributed by atoms with Crippen molar-refractivity contribution in [2.45, 2.75) is 6.54 Å². The van der Waals surface area contributed by atoms with Crippen molar-refractivity contribution in [2.75, 3.05) is 12.4 Å². The van der Waals surface area contributed by atoms with Crippen molar-refractivity contribution < 1.29 is 9.13 Å². The molecule has 3 aromatic rings. The summed E-state index contributed by atoms with van der Waals surface area (Å²) in [5.74, 6) is 0.604. The zero-order valence-corrected chi connectivity index (χ0v) is 11.7. The second-order valence-corrected chi connectivity index (χ2v) is 5.36. The normalized spacial score (nSPS) is 10.7. The van der Waals surface area contributed by atoms with Gasteiger partial charge in [0.15, 0.2) is 5.13 Å². The standard InChI is InChI=1S/C15H13FN2OS/c1-19-12-5-2-10(3-6-12)9-17-15-18-13-7-4-11(16)8-14(13)20-15/h2-8H,9H2,1H3,(H,17,18). The predicted octanol–water partition coefficient (Wildman–Crippen LogP) is 4.06. The molecule has 0 atom stereocenters. The topological polar surface area (TPSA) is 34.1 Å². The van der Waals surface area contributed by atoms with E-state index in [0.717, 1.165) is 26.7 Å². The number of fused-ring (bicyclic) bond motifs is 1. The van der Waals surface area contributed by atoms with E-state index in [2.05, 4.69) is 10.3 Å². The largest absolute Gasteiger partial charge is 0.497 e. The summed E-state index contributed by atoms with van der Waals surface area (Å²) in [6.07, 6.45) is 0. The van der Waals surface area contributed by atoms with Crippen molar-refractivity contribution in [3.8, 4) is 5.75 Å². The zero-order valence-electron chi connectivity index (χ0n) is 10.9. The summed E-state index contributed by atoms with van der Waals surface area (Å²) in [5.41, 5.74) is 1.95. The molecule has 0 fully saturated rings. The van der Waals surface area contributed by atoms with Crippen LogP contribution in [0.25, 0.3) is 10.2 Å². The van der Waals surface area contributed by atoms with Crippen molar-refractivity contribution in [1.82, 2.24) is 4.98 Å². The van der Waals surface area contributed by atoms with Gasteiger partial charge in [0, 0.05) is 6.54 Å². The number of ether oxygens (including phenoxy) is 1. The van der Waals surface area contributed by atoms with Gasteiger partial charge in [-0.15, -0.1) is 0 Å². The van der Waals surface area contributed by atoms with Crippen LogP contribution in [-0.4, -0.2) is 12.1 Å². The molecular formula is C15H13FN2OS. The van der Waals surface area contributed by atoms with Crippen LogP contribution < -0.4 is 10.1 Å². The fourth-order valence-corrected chi connectivity index (χ4v) is 2.78. The molecule has 0 aliphatic rings. The molecule has 102 valence electrons. The van der Waals surface area contributed by atoms with Gasteiger partial charge < -0.3 is 10.1 Å². The van der Waals surface area contributed by atoms with E-state index >= 15 is 0 Å². The van der Waals surface area contributed by atoms with E-state index in [0.29, 0.717) is 6.54 Å². The molecule has 1 heterocycles. The molecule has 20 heavy (non-hydrogen) atoms. The van der Waals surface area contributed by atoms with Gasteiger partial charge in [-0.05, 0) is 35.9 Å². The quantitative estimate of drug-likeness (QED) is 0.786. The van der Waals surface area contributed by atoms with Crippen molar-refractivity contribution in [2.24, 2.45) is 0 Å². The van der Waals surface area contributed by atoms with E-state index in [1.165, 1.54) is 23.5 Å². The number of nitrogens with zero attached hydrogens (tertiary/aromatic N) is 1. The molecule has 1 N–H and O–H groups in total. The fraction of sp³-hybridized carbons (Fsp3) is 0.133. The Morgan fingerprint density at radius 3 is 2.75 bits per heavy atom. The molecule has 0 unspecified atom stereocenters. The maximum Gasteiger partial charge on any atom is 0.184 e. The third kappa shape index (κ3) is 2.72. The summed E-state index contributed by atoms with van der Waals surface area (Å²) in [7, 11) is 1.65. The summed E-state index contributed by atoms with van der Waals surface area (Å²) in [5, 5.41) is 4.04. The Kier molecular flexibility index (Phi) is 3.52. The Labute approximate surface area is 120 Å². The molecule has 0 saturated heterocycles. The van der Waals surface area contributed by atoms with Gasteiger partial charge in [0.2, 0.25) is 0 Å². The lowest BCUT2D eigenvalue weighted by Crippen LogP contribution is -1.98. The van der Waals surface area contributed by atoms with Crippen LogP contribution >= 0.6 is 11.3 Å². The molecule has 0 saturated carbocycles. The minimum Gasteiger partial charge on any atom is -0.497 e. The molecule has 1 aromatic heterocycles. The molecule has 0 amide bonds. The van der Waals surface area contributed by atoms with Crippen LogP contribution in [0, 0.1) is 5.82 Å².